The zero-order valence-corrected chi connectivity index (χ0v) is 11.3. The molecule has 3 heterocycles. The molecule has 5 heteroatoms. The van der Waals surface area contributed by atoms with Crippen molar-refractivity contribution in [3.63, 3.8) is 0 Å². The maximum Gasteiger partial charge on any atom is 0.191 e. The summed E-state index contributed by atoms with van der Waals surface area (Å²) in [5, 5.41) is 0. The Bertz CT molecular complexity index is 330. The predicted octanol–water partition coefficient (Wildman–Crippen LogP) is 0.260. The molecule has 0 aromatic carbocycles. The average molecular weight is 252 g/mol. The predicted molar refractivity (Wildman–Crippen MR) is 71.6 cm³/mol. The number of hydrogen-bond acceptors (Lipinski definition) is 5. The summed E-state index contributed by atoms with van der Waals surface area (Å²) in [5.41, 5.74) is 6.29. The monoisotopic (exact) mass is 252 g/mol. The standard InChI is InChI=1S/C13H24N4O/c1-16-6-4-13(5-7-16)10-15-12(14)17(13)9-11-3-2-8-18-11/h11H,2-10H2,1H3,(H2,14,15). The van der Waals surface area contributed by atoms with E-state index in [0.717, 1.165) is 38.7 Å². The lowest BCUT2D eigenvalue weighted by Gasteiger charge is -2.45. The normalized spacial score (nSPS) is 32.2. The second-order valence-corrected chi connectivity index (χ2v) is 5.95. The van der Waals surface area contributed by atoms with Crippen LogP contribution >= 0.6 is 0 Å². The van der Waals surface area contributed by atoms with E-state index in [1.807, 2.05) is 0 Å². The van der Waals surface area contributed by atoms with Crippen LogP contribution in [0.5, 0.6) is 0 Å². The van der Waals surface area contributed by atoms with E-state index in [0.29, 0.717) is 6.10 Å². The Hall–Kier alpha value is -0.810. The summed E-state index contributed by atoms with van der Waals surface area (Å²) >= 11 is 0. The number of aliphatic imine (C=N–C) groups is 1. The third-order valence-electron chi connectivity index (χ3n) is 4.71. The van der Waals surface area contributed by atoms with Crippen molar-refractivity contribution < 1.29 is 4.74 Å². The summed E-state index contributed by atoms with van der Waals surface area (Å²) < 4.78 is 5.76. The van der Waals surface area contributed by atoms with E-state index in [2.05, 4.69) is 21.8 Å². The van der Waals surface area contributed by atoms with Crippen LogP contribution in [0.3, 0.4) is 0 Å². The molecule has 102 valence electrons. The largest absolute Gasteiger partial charge is 0.376 e. The topological polar surface area (TPSA) is 54.1 Å². The van der Waals surface area contributed by atoms with Crippen molar-refractivity contribution in [3.8, 4) is 0 Å². The molecule has 0 amide bonds. The summed E-state index contributed by atoms with van der Waals surface area (Å²) in [6.07, 6.45) is 5.04. The molecule has 2 fully saturated rings. The fourth-order valence-electron chi connectivity index (χ4n) is 3.38. The Morgan fingerprint density at radius 1 is 1.44 bits per heavy atom. The summed E-state index contributed by atoms with van der Waals surface area (Å²) in [6.45, 7) is 5.00. The lowest BCUT2D eigenvalue weighted by atomic mass is 9.86. The number of hydrogen-bond donors (Lipinski definition) is 1. The first-order chi connectivity index (χ1) is 8.70. The number of nitrogens with two attached hydrogens (primary N) is 1. The van der Waals surface area contributed by atoms with Crippen molar-refractivity contribution in [2.75, 3.05) is 39.8 Å². The van der Waals surface area contributed by atoms with Gasteiger partial charge in [-0.05, 0) is 32.7 Å². The molecule has 2 N–H and O–H groups in total. The first kappa shape index (κ1) is 12.2. The average Bonchev–Trinajstić information content (AvgIpc) is 2.97. The van der Waals surface area contributed by atoms with E-state index in [1.165, 1.54) is 25.7 Å². The molecule has 1 unspecified atom stereocenters. The minimum absolute atomic E-state index is 0.183. The number of likely N-dealkylation sites (tertiary alicyclic amines) is 1. The molecule has 2 saturated heterocycles. The van der Waals surface area contributed by atoms with Crippen LogP contribution in [0.15, 0.2) is 4.99 Å². The quantitative estimate of drug-likeness (QED) is 0.766. The third-order valence-corrected chi connectivity index (χ3v) is 4.71. The number of rotatable bonds is 2. The van der Waals surface area contributed by atoms with Crippen molar-refractivity contribution in [1.29, 1.82) is 0 Å². The van der Waals surface area contributed by atoms with Crippen molar-refractivity contribution in [1.82, 2.24) is 9.80 Å². The maximum absolute atomic E-state index is 6.10. The van der Waals surface area contributed by atoms with Gasteiger partial charge in [-0.1, -0.05) is 0 Å². The molecule has 1 atom stereocenters. The van der Waals surface area contributed by atoms with Gasteiger partial charge in [0.05, 0.1) is 18.2 Å². The Kier molecular flexibility index (Phi) is 3.20. The van der Waals surface area contributed by atoms with Crippen LogP contribution in [0.2, 0.25) is 0 Å². The molecule has 0 aliphatic carbocycles. The second kappa shape index (κ2) is 4.70. The number of piperidine rings is 1. The Labute approximate surface area is 109 Å². The van der Waals surface area contributed by atoms with Crippen molar-refractivity contribution in [2.45, 2.75) is 37.3 Å². The van der Waals surface area contributed by atoms with Crippen LogP contribution < -0.4 is 5.73 Å². The maximum atomic E-state index is 6.10. The first-order valence-corrected chi connectivity index (χ1v) is 7.07. The highest BCUT2D eigenvalue weighted by Gasteiger charge is 2.44. The first-order valence-electron chi connectivity index (χ1n) is 7.07. The van der Waals surface area contributed by atoms with E-state index in [4.69, 9.17) is 10.5 Å². The van der Waals surface area contributed by atoms with Gasteiger partial charge >= 0.3 is 0 Å². The van der Waals surface area contributed by atoms with Crippen molar-refractivity contribution in [3.05, 3.63) is 0 Å². The van der Waals surface area contributed by atoms with Gasteiger partial charge in [0.25, 0.3) is 0 Å². The molecule has 3 aliphatic rings. The molecule has 3 rings (SSSR count). The SMILES string of the molecule is CN1CCC2(CC1)CN=C(N)N2CC1CCCO1. The second-order valence-electron chi connectivity index (χ2n) is 5.95. The zero-order valence-electron chi connectivity index (χ0n) is 11.3. The third kappa shape index (κ3) is 2.10. The van der Waals surface area contributed by atoms with E-state index >= 15 is 0 Å². The van der Waals surface area contributed by atoms with Gasteiger partial charge in [-0.15, -0.1) is 0 Å². The van der Waals surface area contributed by atoms with E-state index in [-0.39, 0.29) is 5.54 Å². The molecular formula is C13H24N4O. The number of nitrogens with zero attached hydrogens (tertiary/aromatic N) is 3. The molecule has 0 saturated carbocycles. The minimum atomic E-state index is 0.183. The van der Waals surface area contributed by atoms with Gasteiger partial charge in [0.2, 0.25) is 0 Å². The smallest absolute Gasteiger partial charge is 0.191 e. The van der Waals surface area contributed by atoms with Gasteiger partial charge in [0.1, 0.15) is 0 Å². The highest BCUT2D eigenvalue weighted by atomic mass is 16.5. The van der Waals surface area contributed by atoms with E-state index < -0.39 is 0 Å². The molecule has 5 nitrogen and oxygen atoms in total. The lowest BCUT2D eigenvalue weighted by molar-refractivity contribution is 0.0415. The summed E-state index contributed by atoms with van der Waals surface area (Å²) in [5.74, 6) is 0.732. The van der Waals surface area contributed by atoms with Crippen LogP contribution in [0, 0.1) is 0 Å². The summed E-state index contributed by atoms with van der Waals surface area (Å²) in [6, 6.07) is 0. The van der Waals surface area contributed by atoms with Gasteiger partial charge in [0.15, 0.2) is 5.96 Å². The summed E-state index contributed by atoms with van der Waals surface area (Å²) in [7, 11) is 2.19. The van der Waals surface area contributed by atoms with Crippen molar-refractivity contribution in [2.24, 2.45) is 10.7 Å². The van der Waals surface area contributed by atoms with Crippen LogP contribution in [0.25, 0.3) is 0 Å². The van der Waals surface area contributed by atoms with Gasteiger partial charge in [-0.25, -0.2) is 0 Å². The van der Waals surface area contributed by atoms with E-state index in [1.54, 1.807) is 0 Å². The molecule has 0 aromatic heterocycles. The highest BCUT2D eigenvalue weighted by molar-refractivity contribution is 5.81. The van der Waals surface area contributed by atoms with Crippen LogP contribution in [-0.4, -0.2) is 67.2 Å². The Morgan fingerprint density at radius 3 is 2.89 bits per heavy atom. The number of ether oxygens (including phenoxy) is 1. The van der Waals surface area contributed by atoms with Crippen LogP contribution in [-0.2, 0) is 4.74 Å². The lowest BCUT2D eigenvalue weighted by Crippen LogP contribution is -2.58. The zero-order chi connectivity index (χ0) is 12.6. The molecule has 0 bridgehead atoms. The fraction of sp³-hybridized carbons (Fsp3) is 0.923. The molecule has 1 spiro atoms. The molecule has 0 radical (unpaired) electrons. The number of guanidine groups is 1. The van der Waals surface area contributed by atoms with E-state index in [9.17, 15) is 0 Å². The van der Waals surface area contributed by atoms with Gasteiger partial charge in [-0.2, -0.15) is 0 Å². The van der Waals surface area contributed by atoms with Crippen LogP contribution in [0.4, 0.5) is 0 Å². The van der Waals surface area contributed by atoms with Gasteiger partial charge in [-0.3, -0.25) is 4.99 Å². The van der Waals surface area contributed by atoms with Crippen LogP contribution in [0.1, 0.15) is 25.7 Å². The van der Waals surface area contributed by atoms with Gasteiger partial charge < -0.3 is 20.3 Å². The summed E-state index contributed by atoms with van der Waals surface area (Å²) in [4.78, 5) is 9.24. The molecular weight excluding hydrogens is 228 g/mol. The molecule has 3 aliphatic heterocycles. The minimum Gasteiger partial charge on any atom is -0.376 e. The molecule has 18 heavy (non-hydrogen) atoms. The molecule has 0 aromatic rings. The fourth-order valence-corrected chi connectivity index (χ4v) is 3.38. The Morgan fingerprint density at radius 2 is 2.22 bits per heavy atom. The Balaban J connectivity index is 1.70. The highest BCUT2D eigenvalue weighted by Crippen LogP contribution is 2.33. The van der Waals surface area contributed by atoms with Crippen molar-refractivity contribution >= 4 is 5.96 Å². The van der Waals surface area contributed by atoms with Gasteiger partial charge in [0, 0.05) is 26.2 Å².